The number of aromatic nitrogens is 2. The van der Waals surface area contributed by atoms with E-state index in [0.717, 1.165) is 48.9 Å². The van der Waals surface area contributed by atoms with Gasteiger partial charge < -0.3 is 10.2 Å². The quantitative estimate of drug-likeness (QED) is 0.865. The maximum absolute atomic E-state index is 4.67. The van der Waals surface area contributed by atoms with Crippen molar-refractivity contribution in [3.63, 3.8) is 0 Å². The second-order valence-electron chi connectivity index (χ2n) is 6.50. The van der Waals surface area contributed by atoms with E-state index in [4.69, 9.17) is 0 Å². The van der Waals surface area contributed by atoms with Gasteiger partial charge in [0.25, 0.3) is 0 Å². The van der Waals surface area contributed by atoms with E-state index in [1.54, 1.807) is 0 Å². The zero-order valence-corrected chi connectivity index (χ0v) is 12.7. The molecule has 0 saturated heterocycles. The monoisotopic (exact) mass is 274 g/mol. The third-order valence-corrected chi connectivity index (χ3v) is 4.96. The molecule has 0 radical (unpaired) electrons. The summed E-state index contributed by atoms with van der Waals surface area (Å²) in [5.74, 6) is 4.74. The Morgan fingerprint density at radius 2 is 2.20 bits per heavy atom. The number of hydrogen-bond donors (Lipinski definition) is 1. The van der Waals surface area contributed by atoms with E-state index < -0.39 is 0 Å². The fraction of sp³-hybridized carbons (Fsp3) is 0.750. The minimum atomic E-state index is 0.868. The van der Waals surface area contributed by atoms with Crippen molar-refractivity contribution in [2.24, 2.45) is 17.8 Å². The Hall–Kier alpha value is -1.32. The first kappa shape index (κ1) is 13.7. The summed E-state index contributed by atoms with van der Waals surface area (Å²) < 4.78 is 0. The normalized spacial score (nSPS) is 27.8. The molecule has 2 aliphatic rings. The lowest BCUT2D eigenvalue weighted by molar-refractivity contribution is 0.337. The Morgan fingerprint density at radius 1 is 1.30 bits per heavy atom. The van der Waals surface area contributed by atoms with Gasteiger partial charge in [0.2, 0.25) is 0 Å². The van der Waals surface area contributed by atoms with E-state index in [9.17, 15) is 0 Å². The summed E-state index contributed by atoms with van der Waals surface area (Å²) >= 11 is 0. The molecule has 3 rings (SSSR count). The van der Waals surface area contributed by atoms with Crippen molar-refractivity contribution in [2.75, 3.05) is 30.4 Å². The van der Waals surface area contributed by atoms with Crippen LogP contribution in [0.15, 0.2) is 12.4 Å². The van der Waals surface area contributed by atoms with Gasteiger partial charge in [-0.05, 0) is 43.4 Å². The predicted octanol–water partition coefficient (Wildman–Crippen LogP) is 3.17. The molecule has 0 spiro atoms. The van der Waals surface area contributed by atoms with E-state index >= 15 is 0 Å². The highest BCUT2D eigenvalue weighted by molar-refractivity contribution is 5.43. The van der Waals surface area contributed by atoms with Crippen molar-refractivity contribution in [3.05, 3.63) is 12.4 Å². The van der Waals surface area contributed by atoms with Crippen LogP contribution in [0.5, 0.6) is 0 Å². The highest BCUT2D eigenvalue weighted by Crippen LogP contribution is 2.48. The third-order valence-electron chi connectivity index (χ3n) is 4.96. The maximum Gasteiger partial charge on any atom is 0.149 e. The third kappa shape index (κ3) is 2.89. The van der Waals surface area contributed by atoms with Crippen LogP contribution in [0, 0.1) is 17.8 Å². The first-order valence-electron chi connectivity index (χ1n) is 8.03. The molecule has 1 N–H and O–H groups in total. The zero-order valence-electron chi connectivity index (χ0n) is 12.7. The molecule has 0 aliphatic heterocycles. The van der Waals surface area contributed by atoms with Crippen LogP contribution < -0.4 is 10.2 Å². The van der Waals surface area contributed by atoms with Gasteiger partial charge in [-0.25, -0.2) is 4.98 Å². The van der Waals surface area contributed by atoms with Crippen molar-refractivity contribution in [1.82, 2.24) is 9.97 Å². The second kappa shape index (κ2) is 5.98. The Labute approximate surface area is 122 Å². The Balaban J connectivity index is 1.60. The number of nitrogens with one attached hydrogen (secondary N) is 1. The molecule has 2 aliphatic carbocycles. The van der Waals surface area contributed by atoms with Crippen molar-refractivity contribution >= 4 is 11.6 Å². The first-order chi connectivity index (χ1) is 9.76. The number of fused-ring (bicyclic) bond motifs is 2. The van der Waals surface area contributed by atoms with Crippen LogP contribution in [0.4, 0.5) is 11.6 Å². The molecule has 3 unspecified atom stereocenters. The highest BCUT2D eigenvalue weighted by Gasteiger charge is 2.39. The molecule has 2 fully saturated rings. The fourth-order valence-electron chi connectivity index (χ4n) is 3.92. The van der Waals surface area contributed by atoms with Gasteiger partial charge >= 0.3 is 0 Å². The highest BCUT2D eigenvalue weighted by atomic mass is 15.2. The van der Waals surface area contributed by atoms with Crippen LogP contribution in [-0.2, 0) is 0 Å². The van der Waals surface area contributed by atoms with Crippen LogP contribution in [0.3, 0.4) is 0 Å². The molecule has 3 atom stereocenters. The minimum absolute atomic E-state index is 0.868. The molecular weight excluding hydrogens is 248 g/mol. The van der Waals surface area contributed by atoms with E-state index in [2.05, 4.69) is 34.2 Å². The van der Waals surface area contributed by atoms with Gasteiger partial charge in [-0.1, -0.05) is 13.3 Å². The van der Waals surface area contributed by atoms with Crippen LogP contribution in [0.25, 0.3) is 0 Å². The second-order valence-corrected chi connectivity index (χ2v) is 6.50. The summed E-state index contributed by atoms with van der Waals surface area (Å²) in [5, 5.41) is 3.31. The standard InChI is InChI=1S/C16H26N4/c1-3-6-18-15-9-17-10-16(19-15)20(2)11-14-8-12-4-5-13(14)7-12/h9-10,12-14H,3-8,11H2,1-2H3,(H,18,19). The van der Waals surface area contributed by atoms with Crippen molar-refractivity contribution in [3.8, 4) is 0 Å². The smallest absolute Gasteiger partial charge is 0.149 e. The van der Waals surface area contributed by atoms with Crippen molar-refractivity contribution in [1.29, 1.82) is 0 Å². The molecule has 1 aromatic rings. The van der Waals surface area contributed by atoms with Gasteiger partial charge in [0.05, 0.1) is 12.4 Å². The first-order valence-corrected chi connectivity index (χ1v) is 8.03. The van der Waals surface area contributed by atoms with E-state index in [1.807, 2.05) is 12.4 Å². The summed E-state index contributed by atoms with van der Waals surface area (Å²) in [5.41, 5.74) is 0. The molecule has 0 aromatic carbocycles. The molecule has 4 heteroatoms. The average Bonchev–Trinajstić information content (AvgIpc) is 3.08. The predicted molar refractivity (Wildman–Crippen MR) is 83.0 cm³/mol. The van der Waals surface area contributed by atoms with Crippen LogP contribution in [0.2, 0.25) is 0 Å². The van der Waals surface area contributed by atoms with Crippen molar-refractivity contribution < 1.29 is 0 Å². The van der Waals surface area contributed by atoms with Gasteiger partial charge in [0, 0.05) is 20.1 Å². The SMILES string of the molecule is CCCNc1cncc(N(C)CC2CC3CCC2C3)n1. The number of nitrogens with zero attached hydrogens (tertiary/aromatic N) is 3. The minimum Gasteiger partial charge on any atom is -0.369 e. The molecule has 4 nitrogen and oxygen atoms in total. The topological polar surface area (TPSA) is 41.1 Å². The summed E-state index contributed by atoms with van der Waals surface area (Å²) in [4.78, 5) is 11.3. The maximum atomic E-state index is 4.67. The number of anilines is 2. The largest absolute Gasteiger partial charge is 0.369 e. The Kier molecular flexibility index (Phi) is 4.08. The lowest BCUT2D eigenvalue weighted by atomic mass is 9.88. The molecule has 20 heavy (non-hydrogen) atoms. The van der Waals surface area contributed by atoms with Gasteiger partial charge in [-0.2, -0.15) is 0 Å². The lowest BCUT2D eigenvalue weighted by Crippen LogP contribution is -2.29. The van der Waals surface area contributed by atoms with Crippen LogP contribution >= 0.6 is 0 Å². The average molecular weight is 274 g/mol. The molecule has 0 amide bonds. The number of hydrogen-bond acceptors (Lipinski definition) is 4. The van der Waals surface area contributed by atoms with Crippen molar-refractivity contribution in [2.45, 2.75) is 39.0 Å². The van der Waals surface area contributed by atoms with Gasteiger partial charge in [-0.3, -0.25) is 4.98 Å². The van der Waals surface area contributed by atoms with E-state index in [-0.39, 0.29) is 0 Å². The Morgan fingerprint density at radius 3 is 2.90 bits per heavy atom. The molecule has 2 saturated carbocycles. The molecular formula is C16H26N4. The molecule has 2 bridgehead atoms. The van der Waals surface area contributed by atoms with E-state index in [0.29, 0.717) is 0 Å². The molecule has 1 heterocycles. The van der Waals surface area contributed by atoms with Gasteiger partial charge in [0.1, 0.15) is 11.6 Å². The Bertz CT molecular complexity index is 448. The molecule has 1 aromatic heterocycles. The fourth-order valence-corrected chi connectivity index (χ4v) is 3.92. The summed E-state index contributed by atoms with van der Waals surface area (Å²) in [7, 11) is 2.15. The van der Waals surface area contributed by atoms with Gasteiger partial charge in [0.15, 0.2) is 0 Å². The summed E-state index contributed by atoms with van der Waals surface area (Å²) in [6.45, 7) is 4.24. The lowest BCUT2D eigenvalue weighted by Gasteiger charge is -2.27. The summed E-state index contributed by atoms with van der Waals surface area (Å²) in [6, 6.07) is 0. The van der Waals surface area contributed by atoms with Crippen LogP contribution in [0.1, 0.15) is 39.0 Å². The molecule has 110 valence electrons. The summed E-state index contributed by atoms with van der Waals surface area (Å²) in [6.07, 6.45) is 10.6. The zero-order chi connectivity index (χ0) is 13.9. The van der Waals surface area contributed by atoms with Gasteiger partial charge in [-0.15, -0.1) is 0 Å². The van der Waals surface area contributed by atoms with Crippen LogP contribution in [-0.4, -0.2) is 30.1 Å². The van der Waals surface area contributed by atoms with E-state index in [1.165, 1.54) is 25.7 Å². The number of rotatable bonds is 6.